The smallest absolute Gasteiger partial charge is 0.231 e. The summed E-state index contributed by atoms with van der Waals surface area (Å²) in [6, 6.07) is 4.98. The van der Waals surface area contributed by atoms with Crippen LogP contribution >= 0.6 is 0 Å². The number of hydrogen-bond donors (Lipinski definition) is 1. The largest absolute Gasteiger partial charge is 0.493 e. The molecule has 2 aromatic rings. The van der Waals surface area contributed by atoms with Gasteiger partial charge in [0.05, 0.1) is 32.9 Å². The van der Waals surface area contributed by atoms with Gasteiger partial charge in [-0.3, -0.25) is 9.59 Å². The summed E-state index contributed by atoms with van der Waals surface area (Å²) >= 11 is 0. The van der Waals surface area contributed by atoms with E-state index in [4.69, 9.17) is 18.7 Å². The predicted molar refractivity (Wildman–Crippen MR) is 96.4 cm³/mol. The molecule has 2 amide bonds. The van der Waals surface area contributed by atoms with Gasteiger partial charge in [0.15, 0.2) is 17.3 Å². The Kier molecular flexibility index (Phi) is 5.20. The summed E-state index contributed by atoms with van der Waals surface area (Å²) < 4.78 is 20.9. The Morgan fingerprint density at radius 2 is 1.85 bits per heavy atom. The first-order valence-corrected chi connectivity index (χ1v) is 8.31. The highest BCUT2D eigenvalue weighted by atomic mass is 16.5. The minimum absolute atomic E-state index is 0.0966. The van der Waals surface area contributed by atoms with Crippen molar-refractivity contribution >= 4 is 23.3 Å². The standard InChI is InChI=1S/C18H21N3O6/c1-10-5-15(20-27-10)19-18(23)11-6-16(22)21(9-11)12-7-13(24-2)17(26-4)14(8-12)25-3/h5,7-8,11H,6,9H2,1-4H3,(H,19,20,23). The van der Waals surface area contributed by atoms with Gasteiger partial charge < -0.3 is 29.0 Å². The summed E-state index contributed by atoms with van der Waals surface area (Å²) in [6.45, 7) is 1.97. The molecule has 1 aromatic carbocycles. The number of ether oxygens (including phenoxy) is 3. The fraction of sp³-hybridized carbons (Fsp3) is 0.389. The highest BCUT2D eigenvalue weighted by Gasteiger charge is 2.36. The molecule has 0 aliphatic carbocycles. The maximum absolute atomic E-state index is 12.5. The lowest BCUT2D eigenvalue weighted by molar-refractivity contribution is -0.122. The zero-order valence-corrected chi connectivity index (χ0v) is 15.6. The van der Waals surface area contributed by atoms with Crippen LogP contribution in [0, 0.1) is 12.8 Å². The molecular weight excluding hydrogens is 354 g/mol. The topological polar surface area (TPSA) is 103 Å². The number of rotatable bonds is 6. The molecule has 9 nitrogen and oxygen atoms in total. The molecule has 27 heavy (non-hydrogen) atoms. The van der Waals surface area contributed by atoms with Crippen LogP contribution in [0.25, 0.3) is 0 Å². The summed E-state index contributed by atoms with van der Waals surface area (Å²) in [4.78, 5) is 26.5. The van der Waals surface area contributed by atoms with E-state index in [1.165, 1.54) is 26.2 Å². The molecular formula is C18H21N3O6. The second-order valence-electron chi connectivity index (χ2n) is 6.10. The average Bonchev–Trinajstić information content (AvgIpc) is 3.25. The summed E-state index contributed by atoms with van der Waals surface area (Å²) in [7, 11) is 4.51. The third-order valence-electron chi connectivity index (χ3n) is 4.34. The summed E-state index contributed by atoms with van der Waals surface area (Å²) in [5.74, 6) is 1.27. The van der Waals surface area contributed by atoms with E-state index in [1.807, 2.05) is 0 Å². The molecule has 1 atom stereocenters. The van der Waals surface area contributed by atoms with Gasteiger partial charge in [-0.25, -0.2) is 0 Å². The average molecular weight is 375 g/mol. The Morgan fingerprint density at radius 3 is 2.37 bits per heavy atom. The Labute approximate surface area is 156 Å². The number of anilines is 2. The van der Waals surface area contributed by atoms with E-state index in [-0.39, 0.29) is 24.8 Å². The van der Waals surface area contributed by atoms with Crippen LogP contribution in [0.15, 0.2) is 22.7 Å². The molecule has 1 saturated heterocycles. The third-order valence-corrected chi connectivity index (χ3v) is 4.34. The van der Waals surface area contributed by atoms with E-state index >= 15 is 0 Å². The van der Waals surface area contributed by atoms with Crippen LogP contribution in [-0.4, -0.2) is 44.8 Å². The molecule has 3 rings (SSSR count). The summed E-state index contributed by atoms with van der Waals surface area (Å²) in [6.07, 6.45) is 0.0966. The lowest BCUT2D eigenvalue weighted by Gasteiger charge is -2.20. The van der Waals surface area contributed by atoms with Crippen LogP contribution in [0.4, 0.5) is 11.5 Å². The maximum Gasteiger partial charge on any atom is 0.231 e. The minimum Gasteiger partial charge on any atom is -0.493 e. The molecule has 1 aliphatic heterocycles. The van der Waals surface area contributed by atoms with Gasteiger partial charge in [0.2, 0.25) is 17.6 Å². The van der Waals surface area contributed by atoms with Crippen molar-refractivity contribution in [3.05, 3.63) is 24.0 Å². The number of nitrogens with zero attached hydrogens (tertiary/aromatic N) is 2. The number of nitrogens with one attached hydrogen (secondary N) is 1. The van der Waals surface area contributed by atoms with E-state index in [9.17, 15) is 9.59 Å². The number of benzene rings is 1. The SMILES string of the molecule is COc1cc(N2CC(C(=O)Nc3cc(C)on3)CC2=O)cc(OC)c1OC. The van der Waals surface area contributed by atoms with Crippen molar-refractivity contribution in [2.24, 2.45) is 5.92 Å². The molecule has 0 radical (unpaired) electrons. The third kappa shape index (κ3) is 3.67. The van der Waals surface area contributed by atoms with Gasteiger partial charge in [0.1, 0.15) is 5.76 Å². The van der Waals surface area contributed by atoms with E-state index in [1.54, 1.807) is 25.1 Å². The Hall–Kier alpha value is -3.23. The van der Waals surface area contributed by atoms with Crippen molar-refractivity contribution in [2.75, 3.05) is 38.1 Å². The molecule has 1 unspecified atom stereocenters. The first-order chi connectivity index (χ1) is 13.0. The molecule has 0 saturated carbocycles. The second kappa shape index (κ2) is 7.56. The highest BCUT2D eigenvalue weighted by Crippen LogP contribution is 2.42. The molecule has 144 valence electrons. The Morgan fingerprint density at radius 1 is 1.19 bits per heavy atom. The van der Waals surface area contributed by atoms with Crippen LogP contribution in [0.5, 0.6) is 17.2 Å². The van der Waals surface area contributed by atoms with Crippen LogP contribution < -0.4 is 24.4 Å². The van der Waals surface area contributed by atoms with E-state index < -0.39 is 5.92 Å². The van der Waals surface area contributed by atoms with Crippen molar-refractivity contribution < 1.29 is 28.3 Å². The zero-order valence-electron chi connectivity index (χ0n) is 15.6. The van der Waals surface area contributed by atoms with Gasteiger partial charge in [-0.05, 0) is 6.92 Å². The molecule has 2 heterocycles. The van der Waals surface area contributed by atoms with Gasteiger partial charge in [-0.2, -0.15) is 0 Å². The molecule has 1 fully saturated rings. The lowest BCUT2D eigenvalue weighted by atomic mass is 10.1. The summed E-state index contributed by atoms with van der Waals surface area (Å²) in [5.41, 5.74) is 0.571. The number of aryl methyl sites for hydroxylation is 1. The number of aromatic nitrogens is 1. The molecule has 0 spiro atoms. The highest BCUT2D eigenvalue weighted by molar-refractivity contribution is 6.03. The Bertz CT molecular complexity index is 838. The number of hydrogen-bond acceptors (Lipinski definition) is 7. The number of carbonyl (C=O) groups is 2. The minimum atomic E-state index is -0.506. The fourth-order valence-corrected chi connectivity index (χ4v) is 3.01. The number of carbonyl (C=O) groups excluding carboxylic acids is 2. The van der Waals surface area contributed by atoms with Crippen molar-refractivity contribution in [3.8, 4) is 17.2 Å². The first kappa shape index (κ1) is 18.6. The van der Waals surface area contributed by atoms with Crippen molar-refractivity contribution in [2.45, 2.75) is 13.3 Å². The molecule has 0 bridgehead atoms. The normalized spacial score (nSPS) is 16.4. The van der Waals surface area contributed by atoms with Gasteiger partial charge in [-0.1, -0.05) is 5.16 Å². The van der Waals surface area contributed by atoms with E-state index in [2.05, 4.69) is 10.5 Å². The van der Waals surface area contributed by atoms with E-state index in [0.717, 1.165) is 0 Å². The van der Waals surface area contributed by atoms with Crippen LogP contribution in [0.1, 0.15) is 12.2 Å². The van der Waals surface area contributed by atoms with Gasteiger partial charge in [-0.15, -0.1) is 0 Å². The number of amides is 2. The van der Waals surface area contributed by atoms with Gasteiger partial charge in [0.25, 0.3) is 0 Å². The molecule has 1 aliphatic rings. The zero-order chi connectivity index (χ0) is 19.6. The van der Waals surface area contributed by atoms with Crippen LogP contribution in [0.3, 0.4) is 0 Å². The van der Waals surface area contributed by atoms with Crippen molar-refractivity contribution in [1.82, 2.24) is 5.16 Å². The quantitative estimate of drug-likeness (QED) is 0.823. The molecule has 1 aromatic heterocycles. The number of methoxy groups -OCH3 is 3. The fourth-order valence-electron chi connectivity index (χ4n) is 3.01. The van der Waals surface area contributed by atoms with Crippen LogP contribution in [0.2, 0.25) is 0 Å². The molecule has 9 heteroatoms. The summed E-state index contributed by atoms with van der Waals surface area (Å²) in [5, 5.41) is 6.40. The Balaban J connectivity index is 1.80. The van der Waals surface area contributed by atoms with Crippen LogP contribution in [-0.2, 0) is 9.59 Å². The molecule has 1 N–H and O–H groups in total. The first-order valence-electron chi connectivity index (χ1n) is 8.31. The maximum atomic E-state index is 12.5. The second-order valence-corrected chi connectivity index (χ2v) is 6.10. The monoisotopic (exact) mass is 375 g/mol. The van der Waals surface area contributed by atoms with E-state index in [0.29, 0.717) is 34.5 Å². The van der Waals surface area contributed by atoms with Gasteiger partial charge in [0, 0.05) is 31.2 Å². The van der Waals surface area contributed by atoms with Crippen molar-refractivity contribution in [3.63, 3.8) is 0 Å². The lowest BCUT2D eigenvalue weighted by Crippen LogP contribution is -2.28. The van der Waals surface area contributed by atoms with Crippen molar-refractivity contribution in [1.29, 1.82) is 0 Å². The van der Waals surface area contributed by atoms with Gasteiger partial charge >= 0.3 is 0 Å². The predicted octanol–water partition coefficient (Wildman–Crippen LogP) is 2.00.